The van der Waals surface area contributed by atoms with Gasteiger partial charge in [0.25, 0.3) is 0 Å². The van der Waals surface area contributed by atoms with Crippen molar-refractivity contribution in [1.82, 2.24) is 5.32 Å². The summed E-state index contributed by atoms with van der Waals surface area (Å²) in [5.74, 6) is 0. The van der Waals surface area contributed by atoms with Gasteiger partial charge in [0, 0.05) is 17.3 Å². The van der Waals surface area contributed by atoms with Gasteiger partial charge in [-0.2, -0.15) is 0 Å². The van der Waals surface area contributed by atoms with Crippen molar-refractivity contribution in [2.24, 2.45) is 0 Å². The summed E-state index contributed by atoms with van der Waals surface area (Å²) in [6.07, 6.45) is 0.774. The van der Waals surface area contributed by atoms with Crippen molar-refractivity contribution in [3.05, 3.63) is 63.7 Å². The fourth-order valence-corrected chi connectivity index (χ4v) is 2.63. The smallest absolute Gasteiger partial charge is 0.319 e. The zero-order valence-electron chi connectivity index (χ0n) is 13.2. The van der Waals surface area contributed by atoms with Crippen molar-refractivity contribution in [3.8, 4) is 0 Å². The number of urea groups is 1. The minimum Gasteiger partial charge on any atom is -0.338 e. The molecule has 2 amide bonds. The number of hydrogen-bond acceptors (Lipinski definition) is 1. The Labute approximate surface area is 136 Å². The Kier molecular flexibility index (Phi) is 5.45. The Hall–Kier alpha value is -2.00. The summed E-state index contributed by atoms with van der Waals surface area (Å²) in [5.41, 5.74) is 5.38. The lowest BCUT2D eigenvalue weighted by atomic mass is 10.1. The number of carbonyl (C=O) groups excluding carboxylic acids is 1. The van der Waals surface area contributed by atoms with Crippen LogP contribution in [0.5, 0.6) is 0 Å². The van der Waals surface area contributed by atoms with Crippen LogP contribution in [-0.2, 0) is 6.42 Å². The lowest BCUT2D eigenvalue weighted by molar-refractivity contribution is 0.252. The molecule has 0 saturated carbocycles. The van der Waals surface area contributed by atoms with E-state index in [4.69, 9.17) is 11.6 Å². The Balaban J connectivity index is 1.87. The van der Waals surface area contributed by atoms with Gasteiger partial charge < -0.3 is 10.6 Å². The van der Waals surface area contributed by atoms with E-state index in [-0.39, 0.29) is 6.03 Å². The molecule has 22 heavy (non-hydrogen) atoms. The maximum Gasteiger partial charge on any atom is 0.319 e. The SMILES string of the molecule is Cc1cc(C)c(NC(=O)NCCc2ccc(Cl)cc2)c(C)c1. The second-order valence-corrected chi connectivity index (χ2v) is 5.97. The van der Waals surface area contributed by atoms with Crippen LogP contribution in [-0.4, -0.2) is 12.6 Å². The molecule has 0 fully saturated rings. The van der Waals surface area contributed by atoms with Crippen LogP contribution in [0.1, 0.15) is 22.3 Å². The zero-order valence-corrected chi connectivity index (χ0v) is 13.9. The third kappa shape index (κ3) is 4.50. The van der Waals surface area contributed by atoms with E-state index in [0.717, 1.165) is 33.8 Å². The Bertz CT molecular complexity index is 642. The van der Waals surface area contributed by atoms with Crippen LogP contribution in [0, 0.1) is 20.8 Å². The van der Waals surface area contributed by atoms with E-state index < -0.39 is 0 Å². The predicted molar refractivity (Wildman–Crippen MR) is 92.8 cm³/mol. The second kappa shape index (κ2) is 7.32. The molecule has 3 nitrogen and oxygen atoms in total. The summed E-state index contributed by atoms with van der Waals surface area (Å²) >= 11 is 5.85. The van der Waals surface area contributed by atoms with Crippen molar-refractivity contribution < 1.29 is 4.79 Å². The molecule has 0 aliphatic carbocycles. The molecule has 0 aliphatic heterocycles. The van der Waals surface area contributed by atoms with Crippen LogP contribution in [0.25, 0.3) is 0 Å². The molecule has 2 rings (SSSR count). The minimum atomic E-state index is -0.177. The number of hydrogen-bond donors (Lipinski definition) is 2. The van der Waals surface area contributed by atoms with Gasteiger partial charge >= 0.3 is 6.03 Å². The van der Waals surface area contributed by atoms with Crippen LogP contribution >= 0.6 is 11.6 Å². The predicted octanol–water partition coefficient (Wildman–Crippen LogP) is 4.63. The first-order valence-electron chi connectivity index (χ1n) is 7.33. The molecule has 0 saturated heterocycles. The Morgan fingerprint density at radius 1 is 1.05 bits per heavy atom. The number of anilines is 1. The number of halogens is 1. The van der Waals surface area contributed by atoms with Gasteiger partial charge in [-0.05, 0) is 56.0 Å². The van der Waals surface area contributed by atoms with Gasteiger partial charge in [0.15, 0.2) is 0 Å². The molecule has 0 spiro atoms. The summed E-state index contributed by atoms with van der Waals surface area (Å²) in [6.45, 7) is 6.64. The highest BCUT2D eigenvalue weighted by atomic mass is 35.5. The molecule has 0 aromatic heterocycles. The quantitative estimate of drug-likeness (QED) is 0.848. The molecule has 4 heteroatoms. The van der Waals surface area contributed by atoms with E-state index in [1.807, 2.05) is 38.1 Å². The molecule has 0 bridgehead atoms. The van der Waals surface area contributed by atoms with Crippen molar-refractivity contribution in [1.29, 1.82) is 0 Å². The molecule has 2 N–H and O–H groups in total. The van der Waals surface area contributed by atoms with E-state index >= 15 is 0 Å². The summed E-state index contributed by atoms with van der Waals surface area (Å²) in [5, 5.41) is 6.53. The summed E-state index contributed by atoms with van der Waals surface area (Å²) in [6, 6.07) is 11.6. The summed E-state index contributed by atoms with van der Waals surface area (Å²) < 4.78 is 0. The van der Waals surface area contributed by atoms with E-state index in [9.17, 15) is 4.79 Å². The normalized spacial score (nSPS) is 10.4. The first-order valence-corrected chi connectivity index (χ1v) is 7.70. The van der Waals surface area contributed by atoms with Gasteiger partial charge in [-0.1, -0.05) is 41.4 Å². The van der Waals surface area contributed by atoms with Crippen LogP contribution in [0.4, 0.5) is 10.5 Å². The number of amides is 2. The van der Waals surface area contributed by atoms with Gasteiger partial charge in [0.2, 0.25) is 0 Å². The third-order valence-corrected chi connectivity index (χ3v) is 3.78. The topological polar surface area (TPSA) is 41.1 Å². The molecule has 2 aromatic rings. The highest BCUT2D eigenvalue weighted by Gasteiger charge is 2.07. The maximum absolute atomic E-state index is 12.0. The van der Waals surface area contributed by atoms with Crippen molar-refractivity contribution in [2.75, 3.05) is 11.9 Å². The molecule has 0 radical (unpaired) electrons. The Morgan fingerprint density at radius 3 is 2.23 bits per heavy atom. The highest BCUT2D eigenvalue weighted by Crippen LogP contribution is 2.21. The average molecular weight is 317 g/mol. The van der Waals surface area contributed by atoms with Crippen LogP contribution in [0.15, 0.2) is 36.4 Å². The summed E-state index contributed by atoms with van der Waals surface area (Å²) in [4.78, 5) is 12.0. The van der Waals surface area contributed by atoms with Gasteiger partial charge in [-0.25, -0.2) is 4.79 Å². The van der Waals surface area contributed by atoms with Crippen molar-refractivity contribution in [2.45, 2.75) is 27.2 Å². The number of nitrogens with one attached hydrogen (secondary N) is 2. The molecular formula is C18H21ClN2O. The molecule has 0 atom stereocenters. The Morgan fingerprint density at radius 2 is 1.64 bits per heavy atom. The molecule has 2 aromatic carbocycles. The standard InChI is InChI=1S/C18H21ClN2O/c1-12-10-13(2)17(14(3)11-12)21-18(22)20-9-8-15-4-6-16(19)7-5-15/h4-7,10-11H,8-9H2,1-3H3,(H2,20,21,22). The molecular weight excluding hydrogens is 296 g/mol. The fraction of sp³-hybridized carbons (Fsp3) is 0.278. The molecule has 0 unspecified atom stereocenters. The summed E-state index contributed by atoms with van der Waals surface area (Å²) in [7, 11) is 0. The second-order valence-electron chi connectivity index (χ2n) is 5.53. The zero-order chi connectivity index (χ0) is 16.1. The highest BCUT2D eigenvalue weighted by molar-refractivity contribution is 6.30. The number of carbonyl (C=O) groups is 1. The minimum absolute atomic E-state index is 0.177. The van der Waals surface area contributed by atoms with Gasteiger partial charge in [0.1, 0.15) is 0 Å². The van der Waals surface area contributed by atoms with Crippen molar-refractivity contribution >= 4 is 23.3 Å². The third-order valence-electron chi connectivity index (χ3n) is 3.53. The van der Waals surface area contributed by atoms with E-state index in [0.29, 0.717) is 6.54 Å². The lowest BCUT2D eigenvalue weighted by Crippen LogP contribution is -2.31. The number of rotatable bonds is 4. The monoisotopic (exact) mass is 316 g/mol. The van der Waals surface area contributed by atoms with Crippen LogP contribution in [0.3, 0.4) is 0 Å². The molecule has 0 aliphatic rings. The van der Waals surface area contributed by atoms with E-state index in [1.165, 1.54) is 5.56 Å². The maximum atomic E-state index is 12.0. The molecule has 0 heterocycles. The van der Waals surface area contributed by atoms with Gasteiger partial charge in [-0.15, -0.1) is 0 Å². The lowest BCUT2D eigenvalue weighted by Gasteiger charge is -2.13. The molecule has 116 valence electrons. The number of benzene rings is 2. The largest absolute Gasteiger partial charge is 0.338 e. The van der Waals surface area contributed by atoms with Crippen LogP contribution < -0.4 is 10.6 Å². The average Bonchev–Trinajstić information content (AvgIpc) is 2.45. The van der Waals surface area contributed by atoms with Crippen LogP contribution in [0.2, 0.25) is 5.02 Å². The first kappa shape index (κ1) is 16.4. The fourth-order valence-electron chi connectivity index (χ4n) is 2.51. The van der Waals surface area contributed by atoms with E-state index in [2.05, 4.69) is 29.7 Å². The number of aryl methyl sites for hydroxylation is 3. The van der Waals surface area contributed by atoms with E-state index in [1.54, 1.807) is 0 Å². The first-order chi connectivity index (χ1) is 10.5. The van der Waals surface area contributed by atoms with Crippen molar-refractivity contribution in [3.63, 3.8) is 0 Å². The van der Waals surface area contributed by atoms with Gasteiger partial charge in [-0.3, -0.25) is 0 Å². The van der Waals surface area contributed by atoms with Gasteiger partial charge in [0.05, 0.1) is 0 Å².